The molecule has 1 saturated carbocycles. The monoisotopic (exact) mass is 425 g/mol. The molecular formula is C25H32FN3O2. The number of rotatable bonds is 6. The first-order valence-electron chi connectivity index (χ1n) is 11.7. The maximum Gasteiger partial charge on any atom is 0.254 e. The van der Waals surface area contributed by atoms with Crippen molar-refractivity contribution in [3.05, 3.63) is 51.7 Å². The molecule has 1 amide bonds. The zero-order valence-corrected chi connectivity index (χ0v) is 18.1. The van der Waals surface area contributed by atoms with E-state index < -0.39 is 0 Å². The average molecular weight is 426 g/mol. The summed E-state index contributed by atoms with van der Waals surface area (Å²) < 4.78 is 13.2. The van der Waals surface area contributed by atoms with Crippen LogP contribution in [0.2, 0.25) is 0 Å². The summed E-state index contributed by atoms with van der Waals surface area (Å²) in [5.41, 5.74) is 2.17. The zero-order chi connectivity index (χ0) is 21.6. The van der Waals surface area contributed by atoms with Crippen LogP contribution in [0.5, 0.6) is 0 Å². The van der Waals surface area contributed by atoms with Crippen molar-refractivity contribution < 1.29 is 9.18 Å². The molecule has 31 heavy (non-hydrogen) atoms. The summed E-state index contributed by atoms with van der Waals surface area (Å²) in [6, 6.07) is 5.99. The van der Waals surface area contributed by atoms with E-state index in [1.54, 1.807) is 12.1 Å². The molecule has 2 aromatic rings. The van der Waals surface area contributed by atoms with Gasteiger partial charge in [0.1, 0.15) is 11.6 Å². The number of carbonyl (C=O) groups excluding carboxylic acids is 1. The molecule has 2 aliphatic rings. The lowest BCUT2D eigenvalue weighted by atomic mass is 9.86. The van der Waals surface area contributed by atoms with Crippen LogP contribution in [0, 0.1) is 17.7 Å². The summed E-state index contributed by atoms with van der Waals surface area (Å²) in [4.78, 5) is 32.5. The molecule has 0 saturated heterocycles. The molecule has 0 spiro atoms. The van der Waals surface area contributed by atoms with Crippen molar-refractivity contribution in [3.8, 4) is 11.4 Å². The first kappa shape index (κ1) is 21.7. The number of hydrogen-bond donors (Lipinski definition) is 2. The number of aromatic nitrogens is 2. The highest BCUT2D eigenvalue weighted by molar-refractivity contribution is 5.75. The van der Waals surface area contributed by atoms with E-state index in [9.17, 15) is 14.0 Å². The number of halogens is 1. The first-order chi connectivity index (χ1) is 15.1. The van der Waals surface area contributed by atoms with Crippen LogP contribution in [0.25, 0.3) is 11.4 Å². The maximum absolute atomic E-state index is 13.2. The number of benzene rings is 1. The van der Waals surface area contributed by atoms with Crippen LogP contribution < -0.4 is 10.9 Å². The number of aryl methyl sites for hydroxylation is 1. The smallest absolute Gasteiger partial charge is 0.254 e. The molecule has 1 atom stereocenters. The van der Waals surface area contributed by atoms with E-state index in [0.717, 1.165) is 42.9 Å². The van der Waals surface area contributed by atoms with Crippen LogP contribution in [0.4, 0.5) is 4.39 Å². The predicted octanol–water partition coefficient (Wildman–Crippen LogP) is 4.55. The molecular weight excluding hydrogens is 393 g/mol. The Balaban J connectivity index is 1.31. The number of aromatic amines is 1. The molecule has 0 aliphatic heterocycles. The van der Waals surface area contributed by atoms with Gasteiger partial charge in [-0.15, -0.1) is 0 Å². The number of nitrogens with one attached hydrogen (secondary N) is 2. The lowest BCUT2D eigenvalue weighted by Gasteiger charge is -2.21. The van der Waals surface area contributed by atoms with Crippen LogP contribution in [-0.4, -0.2) is 22.4 Å². The second-order valence-electron chi connectivity index (χ2n) is 9.14. The van der Waals surface area contributed by atoms with Crippen LogP contribution in [0.1, 0.15) is 69.0 Å². The molecule has 1 unspecified atom stereocenters. The number of nitrogens with zero attached hydrogens (tertiary/aromatic N) is 1. The van der Waals surface area contributed by atoms with Crippen LogP contribution in [-0.2, 0) is 17.6 Å². The fraction of sp³-hybridized carbons (Fsp3) is 0.560. The zero-order valence-electron chi connectivity index (χ0n) is 18.1. The molecule has 0 radical (unpaired) electrons. The largest absolute Gasteiger partial charge is 0.356 e. The molecule has 6 heteroatoms. The number of amides is 1. The van der Waals surface area contributed by atoms with E-state index in [4.69, 9.17) is 0 Å². The first-order valence-corrected chi connectivity index (χ1v) is 11.7. The summed E-state index contributed by atoms with van der Waals surface area (Å²) in [7, 11) is 0. The minimum atomic E-state index is -0.315. The van der Waals surface area contributed by atoms with Gasteiger partial charge in [-0.05, 0) is 68.2 Å². The summed E-state index contributed by atoms with van der Waals surface area (Å²) >= 11 is 0. The van der Waals surface area contributed by atoms with Gasteiger partial charge in [-0.3, -0.25) is 9.59 Å². The van der Waals surface area contributed by atoms with Crippen molar-refractivity contribution in [2.75, 3.05) is 6.54 Å². The molecule has 166 valence electrons. The van der Waals surface area contributed by atoms with E-state index in [0.29, 0.717) is 36.7 Å². The molecule has 1 aromatic carbocycles. The van der Waals surface area contributed by atoms with Crippen molar-refractivity contribution >= 4 is 5.91 Å². The van der Waals surface area contributed by atoms with Crippen molar-refractivity contribution in [3.63, 3.8) is 0 Å². The Morgan fingerprint density at radius 3 is 2.55 bits per heavy atom. The SMILES string of the molecule is O=C(CCC1CCCCC1)NCC1CCc2nc(-c3ccc(F)cc3)[nH]c(=O)c2CC1. The van der Waals surface area contributed by atoms with Gasteiger partial charge in [-0.2, -0.15) is 0 Å². The molecule has 2 N–H and O–H groups in total. The van der Waals surface area contributed by atoms with Crippen molar-refractivity contribution in [2.45, 2.75) is 70.6 Å². The van der Waals surface area contributed by atoms with E-state index in [1.807, 2.05) is 0 Å². The highest BCUT2D eigenvalue weighted by atomic mass is 19.1. The fourth-order valence-corrected chi connectivity index (χ4v) is 4.95. The maximum atomic E-state index is 13.2. The summed E-state index contributed by atoms with van der Waals surface area (Å²) in [6.07, 6.45) is 11.3. The molecule has 2 aliphatic carbocycles. The molecule has 5 nitrogen and oxygen atoms in total. The molecule has 1 fully saturated rings. The highest BCUT2D eigenvalue weighted by Crippen LogP contribution is 2.27. The Hall–Kier alpha value is -2.50. The topological polar surface area (TPSA) is 74.8 Å². The third kappa shape index (κ3) is 5.81. The average Bonchev–Trinajstić information content (AvgIpc) is 3.00. The van der Waals surface area contributed by atoms with E-state index in [1.165, 1.54) is 44.2 Å². The summed E-state index contributed by atoms with van der Waals surface area (Å²) in [5, 5.41) is 3.12. The number of carbonyl (C=O) groups is 1. The quantitative estimate of drug-likeness (QED) is 0.667. The second-order valence-corrected chi connectivity index (χ2v) is 9.14. The highest BCUT2D eigenvalue weighted by Gasteiger charge is 2.21. The third-order valence-electron chi connectivity index (χ3n) is 6.90. The van der Waals surface area contributed by atoms with E-state index in [2.05, 4.69) is 15.3 Å². The Labute approximate surface area is 182 Å². The van der Waals surface area contributed by atoms with E-state index >= 15 is 0 Å². The lowest BCUT2D eigenvalue weighted by Crippen LogP contribution is -2.29. The van der Waals surface area contributed by atoms with Crippen molar-refractivity contribution in [1.29, 1.82) is 0 Å². The van der Waals surface area contributed by atoms with Gasteiger partial charge in [0.25, 0.3) is 5.56 Å². The Morgan fingerprint density at radius 1 is 1.03 bits per heavy atom. The summed E-state index contributed by atoms with van der Waals surface area (Å²) in [5.74, 6) is 1.39. The normalized spacial score (nSPS) is 19.5. The fourth-order valence-electron chi connectivity index (χ4n) is 4.95. The number of hydrogen-bond acceptors (Lipinski definition) is 3. The molecule has 0 bridgehead atoms. The van der Waals surface area contributed by atoms with Gasteiger partial charge in [0, 0.05) is 24.1 Å². The lowest BCUT2D eigenvalue weighted by molar-refractivity contribution is -0.121. The Morgan fingerprint density at radius 2 is 1.77 bits per heavy atom. The molecule has 1 aromatic heterocycles. The van der Waals surface area contributed by atoms with Gasteiger partial charge in [0.15, 0.2) is 0 Å². The summed E-state index contributed by atoms with van der Waals surface area (Å²) in [6.45, 7) is 0.667. The third-order valence-corrected chi connectivity index (χ3v) is 6.90. The number of fused-ring (bicyclic) bond motifs is 1. The van der Waals surface area contributed by atoms with Gasteiger partial charge < -0.3 is 10.3 Å². The van der Waals surface area contributed by atoms with Crippen molar-refractivity contribution in [2.24, 2.45) is 11.8 Å². The van der Waals surface area contributed by atoms with Crippen LogP contribution >= 0.6 is 0 Å². The second kappa shape index (κ2) is 10.2. The van der Waals surface area contributed by atoms with Gasteiger partial charge >= 0.3 is 0 Å². The molecule has 1 heterocycles. The van der Waals surface area contributed by atoms with Crippen LogP contribution in [0.3, 0.4) is 0 Å². The Kier molecular flexibility index (Phi) is 7.15. The van der Waals surface area contributed by atoms with Gasteiger partial charge in [0.2, 0.25) is 5.91 Å². The minimum absolute atomic E-state index is 0.110. The van der Waals surface area contributed by atoms with Gasteiger partial charge in [-0.1, -0.05) is 32.1 Å². The number of H-pyrrole nitrogens is 1. The van der Waals surface area contributed by atoms with Crippen LogP contribution in [0.15, 0.2) is 29.1 Å². The van der Waals surface area contributed by atoms with Gasteiger partial charge in [-0.25, -0.2) is 9.37 Å². The minimum Gasteiger partial charge on any atom is -0.356 e. The van der Waals surface area contributed by atoms with E-state index in [-0.39, 0.29) is 17.3 Å². The predicted molar refractivity (Wildman–Crippen MR) is 119 cm³/mol. The standard InChI is InChI=1S/C25H32FN3O2/c26-20-11-9-19(10-12-20)24-28-22-14-7-18(6-13-21(22)25(31)29-24)16-27-23(30)15-8-17-4-2-1-3-5-17/h9-12,17-18H,1-8,13-16H2,(H,27,30)(H,28,29,31). The Bertz CT molecular complexity index is 948. The van der Waals surface area contributed by atoms with Crippen molar-refractivity contribution in [1.82, 2.24) is 15.3 Å². The van der Waals surface area contributed by atoms with Gasteiger partial charge in [0.05, 0.1) is 5.69 Å². The molecule has 4 rings (SSSR count).